The van der Waals surface area contributed by atoms with E-state index in [-0.39, 0.29) is 11.4 Å². The van der Waals surface area contributed by atoms with E-state index in [1.54, 1.807) is 17.8 Å². The van der Waals surface area contributed by atoms with Gasteiger partial charge < -0.3 is 5.32 Å². The number of thiophene rings is 1. The van der Waals surface area contributed by atoms with Crippen LogP contribution in [-0.2, 0) is 7.05 Å². The third-order valence-electron chi connectivity index (χ3n) is 3.33. The van der Waals surface area contributed by atoms with Crippen LogP contribution in [0, 0.1) is 22.9 Å². The van der Waals surface area contributed by atoms with Gasteiger partial charge >= 0.3 is 0 Å². The standard InChI is InChI=1S/C14H11FN4O3S/c1-7-9-6-12(23-14(9)18(2)17-7)13(20)16-11-5-8(19(21)22)3-4-10(11)15/h3-6H,1-2H3,(H,16,20). The summed E-state index contributed by atoms with van der Waals surface area (Å²) in [4.78, 5) is 23.6. The van der Waals surface area contributed by atoms with E-state index >= 15 is 0 Å². The molecule has 0 radical (unpaired) electrons. The number of nitrogens with one attached hydrogen (secondary N) is 1. The second kappa shape index (κ2) is 5.43. The van der Waals surface area contributed by atoms with Crippen molar-refractivity contribution in [2.75, 3.05) is 5.32 Å². The number of fused-ring (bicyclic) bond motifs is 1. The number of aromatic nitrogens is 2. The maximum atomic E-state index is 13.7. The molecule has 118 valence electrons. The van der Waals surface area contributed by atoms with E-state index in [2.05, 4.69) is 10.4 Å². The van der Waals surface area contributed by atoms with Crippen LogP contribution in [0.3, 0.4) is 0 Å². The molecule has 0 atom stereocenters. The number of anilines is 1. The van der Waals surface area contributed by atoms with Gasteiger partial charge in [0.25, 0.3) is 11.6 Å². The Labute approximate surface area is 133 Å². The Morgan fingerprint density at radius 3 is 2.83 bits per heavy atom. The van der Waals surface area contributed by atoms with Gasteiger partial charge in [-0.15, -0.1) is 11.3 Å². The van der Waals surface area contributed by atoms with E-state index in [4.69, 9.17) is 0 Å². The summed E-state index contributed by atoms with van der Waals surface area (Å²) in [6.07, 6.45) is 0. The Bertz CT molecular complexity index is 913. The second-order valence-corrected chi connectivity index (χ2v) is 5.94. The summed E-state index contributed by atoms with van der Waals surface area (Å²) in [5.41, 5.74) is 0.272. The number of aryl methyl sites for hydroxylation is 2. The molecular weight excluding hydrogens is 323 g/mol. The molecule has 0 bridgehead atoms. The molecule has 0 fully saturated rings. The van der Waals surface area contributed by atoms with Crippen molar-refractivity contribution in [3.8, 4) is 0 Å². The minimum absolute atomic E-state index is 0.225. The van der Waals surface area contributed by atoms with Gasteiger partial charge in [-0.05, 0) is 19.1 Å². The highest BCUT2D eigenvalue weighted by molar-refractivity contribution is 7.20. The van der Waals surface area contributed by atoms with Gasteiger partial charge in [-0.3, -0.25) is 19.6 Å². The molecule has 3 aromatic rings. The summed E-state index contributed by atoms with van der Waals surface area (Å²) in [6, 6.07) is 4.66. The number of rotatable bonds is 3. The topological polar surface area (TPSA) is 90.1 Å². The lowest BCUT2D eigenvalue weighted by Gasteiger charge is -2.04. The zero-order chi connectivity index (χ0) is 16.7. The van der Waals surface area contributed by atoms with Crippen LogP contribution in [0.25, 0.3) is 10.2 Å². The molecular formula is C14H11FN4O3S. The quantitative estimate of drug-likeness (QED) is 0.588. The summed E-state index contributed by atoms with van der Waals surface area (Å²) in [6.45, 7) is 1.83. The first kappa shape index (κ1) is 15.1. The maximum absolute atomic E-state index is 13.7. The van der Waals surface area contributed by atoms with Crippen molar-refractivity contribution in [3.05, 3.63) is 50.8 Å². The summed E-state index contributed by atoms with van der Waals surface area (Å²) >= 11 is 1.22. The molecule has 1 N–H and O–H groups in total. The fraction of sp³-hybridized carbons (Fsp3) is 0.143. The van der Waals surface area contributed by atoms with Crippen molar-refractivity contribution < 1.29 is 14.1 Å². The van der Waals surface area contributed by atoms with Gasteiger partial charge in [0.15, 0.2) is 0 Å². The number of amides is 1. The molecule has 1 aromatic carbocycles. The number of non-ortho nitro benzene ring substituents is 1. The monoisotopic (exact) mass is 334 g/mol. The Morgan fingerprint density at radius 2 is 2.17 bits per heavy atom. The zero-order valence-electron chi connectivity index (χ0n) is 12.2. The fourth-order valence-electron chi connectivity index (χ4n) is 2.22. The highest BCUT2D eigenvalue weighted by atomic mass is 32.1. The lowest BCUT2D eigenvalue weighted by atomic mass is 10.2. The molecule has 3 rings (SSSR count). The first-order chi connectivity index (χ1) is 10.9. The average molecular weight is 334 g/mol. The van der Waals surface area contributed by atoms with Gasteiger partial charge in [0.1, 0.15) is 10.6 Å². The van der Waals surface area contributed by atoms with E-state index in [0.717, 1.165) is 34.1 Å². The molecule has 2 aromatic heterocycles. The van der Waals surface area contributed by atoms with Crippen molar-refractivity contribution in [2.24, 2.45) is 7.05 Å². The number of benzene rings is 1. The minimum atomic E-state index is -0.733. The van der Waals surface area contributed by atoms with Crippen LogP contribution in [0.1, 0.15) is 15.4 Å². The second-order valence-electron chi connectivity index (χ2n) is 4.91. The number of nitro benzene ring substituents is 1. The predicted octanol–water partition coefficient (Wildman–Crippen LogP) is 3.24. The maximum Gasteiger partial charge on any atom is 0.271 e. The molecule has 0 saturated heterocycles. The molecule has 0 saturated carbocycles. The van der Waals surface area contributed by atoms with Crippen LogP contribution in [0.5, 0.6) is 0 Å². The van der Waals surface area contributed by atoms with Crippen molar-refractivity contribution in [2.45, 2.75) is 6.92 Å². The van der Waals surface area contributed by atoms with E-state index in [1.807, 2.05) is 6.92 Å². The minimum Gasteiger partial charge on any atom is -0.319 e. The molecule has 9 heteroatoms. The molecule has 2 heterocycles. The Morgan fingerprint density at radius 1 is 1.43 bits per heavy atom. The normalized spacial score (nSPS) is 10.9. The highest BCUT2D eigenvalue weighted by Gasteiger charge is 2.18. The van der Waals surface area contributed by atoms with Gasteiger partial charge in [0.05, 0.1) is 21.2 Å². The number of hydrogen-bond donors (Lipinski definition) is 1. The van der Waals surface area contributed by atoms with Crippen LogP contribution in [-0.4, -0.2) is 20.6 Å². The molecule has 0 aliphatic rings. The first-order valence-electron chi connectivity index (χ1n) is 6.55. The van der Waals surface area contributed by atoms with Crippen LogP contribution >= 0.6 is 11.3 Å². The Kier molecular flexibility index (Phi) is 3.57. The summed E-state index contributed by atoms with van der Waals surface area (Å²) < 4.78 is 15.4. The third kappa shape index (κ3) is 2.66. The number of halogens is 1. The Hall–Kier alpha value is -2.81. The molecule has 7 nitrogen and oxygen atoms in total. The van der Waals surface area contributed by atoms with Crippen LogP contribution in [0.4, 0.5) is 15.8 Å². The predicted molar refractivity (Wildman–Crippen MR) is 84.3 cm³/mol. The van der Waals surface area contributed by atoms with Gasteiger partial charge in [-0.2, -0.15) is 5.10 Å². The average Bonchev–Trinajstić information content (AvgIpc) is 3.03. The Balaban J connectivity index is 1.93. The summed E-state index contributed by atoms with van der Waals surface area (Å²) in [5, 5.41) is 18.2. The van der Waals surface area contributed by atoms with Crippen molar-refractivity contribution in [3.63, 3.8) is 0 Å². The van der Waals surface area contributed by atoms with Crippen molar-refractivity contribution in [1.82, 2.24) is 9.78 Å². The number of carbonyl (C=O) groups is 1. The SMILES string of the molecule is Cc1nn(C)c2sc(C(=O)Nc3cc([N+](=O)[O-])ccc3F)cc12. The van der Waals surface area contributed by atoms with Gasteiger partial charge in [-0.25, -0.2) is 4.39 Å². The molecule has 23 heavy (non-hydrogen) atoms. The van der Waals surface area contributed by atoms with Crippen LogP contribution in [0.15, 0.2) is 24.3 Å². The van der Waals surface area contributed by atoms with Crippen molar-refractivity contribution in [1.29, 1.82) is 0 Å². The van der Waals surface area contributed by atoms with E-state index in [0.29, 0.717) is 4.88 Å². The smallest absolute Gasteiger partial charge is 0.271 e. The van der Waals surface area contributed by atoms with E-state index in [9.17, 15) is 19.3 Å². The van der Waals surface area contributed by atoms with Gasteiger partial charge in [0.2, 0.25) is 0 Å². The number of nitrogens with zero attached hydrogens (tertiary/aromatic N) is 3. The summed E-state index contributed by atoms with van der Waals surface area (Å²) in [5.74, 6) is -1.26. The first-order valence-corrected chi connectivity index (χ1v) is 7.37. The van der Waals surface area contributed by atoms with Gasteiger partial charge in [0, 0.05) is 24.6 Å². The highest BCUT2D eigenvalue weighted by Crippen LogP contribution is 2.29. The number of hydrogen-bond acceptors (Lipinski definition) is 5. The van der Waals surface area contributed by atoms with E-state index < -0.39 is 16.6 Å². The summed E-state index contributed by atoms with van der Waals surface area (Å²) in [7, 11) is 1.77. The molecule has 0 spiro atoms. The zero-order valence-corrected chi connectivity index (χ0v) is 13.0. The molecule has 0 aliphatic heterocycles. The molecule has 0 aliphatic carbocycles. The number of carbonyl (C=O) groups excluding carboxylic acids is 1. The molecule has 1 amide bonds. The van der Waals surface area contributed by atoms with Crippen LogP contribution in [0.2, 0.25) is 0 Å². The van der Waals surface area contributed by atoms with Gasteiger partial charge in [-0.1, -0.05) is 0 Å². The molecule has 0 unspecified atom stereocenters. The fourth-order valence-corrected chi connectivity index (χ4v) is 3.24. The third-order valence-corrected chi connectivity index (χ3v) is 4.53. The lowest BCUT2D eigenvalue weighted by molar-refractivity contribution is -0.384. The van der Waals surface area contributed by atoms with Crippen molar-refractivity contribution >= 4 is 38.8 Å². The van der Waals surface area contributed by atoms with E-state index in [1.165, 1.54) is 11.3 Å². The largest absolute Gasteiger partial charge is 0.319 e. The van der Waals surface area contributed by atoms with Crippen LogP contribution < -0.4 is 5.32 Å². The lowest BCUT2D eigenvalue weighted by Crippen LogP contribution is -2.11. The number of nitro groups is 1.